The SMILES string of the molecule is CNCCC(=O)NC1C2(C)CCC(C2)C1(C)C. The largest absolute Gasteiger partial charge is 0.352 e. The molecule has 0 heterocycles. The van der Waals surface area contributed by atoms with E-state index in [1.165, 1.54) is 19.3 Å². The van der Waals surface area contributed by atoms with Gasteiger partial charge >= 0.3 is 0 Å². The summed E-state index contributed by atoms with van der Waals surface area (Å²) in [5.74, 6) is 0.994. The van der Waals surface area contributed by atoms with Crippen LogP contribution in [0.25, 0.3) is 0 Å². The van der Waals surface area contributed by atoms with Crippen LogP contribution in [0.1, 0.15) is 46.5 Å². The van der Waals surface area contributed by atoms with Crippen LogP contribution >= 0.6 is 0 Å². The predicted octanol–water partition coefficient (Wildman–Crippen LogP) is 1.93. The lowest BCUT2D eigenvalue weighted by Gasteiger charge is -2.43. The second kappa shape index (κ2) is 4.27. The summed E-state index contributed by atoms with van der Waals surface area (Å²) in [6, 6.07) is 0.359. The topological polar surface area (TPSA) is 41.1 Å². The first-order valence-electron chi connectivity index (χ1n) is 6.84. The molecule has 2 rings (SSSR count). The Morgan fingerprint density at radius 2 is 2.06 bits per heavy atom. The van der Waals surface area contributed by atoms with Crippen molar-refractivity contribution in [2.75, 3.05) is 13.6 Å². The van der Waals surface area contributed by atoms with Gasteiger partial charge in [-0.3, -0.25) is 4.79 Å². The maximum Gasteiger partial charge on any atom is 0.221 e. The average molecular weight is 238 g/mol. The third-order valence-electron chi connectivity index (χ3n) is 5.18. The molecule has 0 aromatic rings. The molecule has 0 saturated heterocycles. The summed E-state index contributed by atoms with van der Waals surface area (Å²) in [6.07, 6.45) is 4.49. The number of rotatable bonds is 4. The first-order chi connectivity index (χ1) is 7.90. The number of amides is 1. The van der Waals surface area contributed by atoms with Gasteiger partial charge in [0, 0.05) is 19.0 Å². The van der Waals surface area contributed by atoms with Crippen molar-refractivity contribution in [1.82, 2.24) is 10.6 Å². The second-order valence-corrected chi connectivity index (χ2v) is 6.77. The molecule has 17 heavy (non-hydrogen) atoms. The number of nitrogens with one attached hydrogen (secondary N) is 2. The molecule has 2 N–H and O–H groups in total. The fourth-order valence-electron chi connectivity index (χ4n) is 4.13. The van der Waals surface area contributed by atoms with Gasteiger partial charge in [0.25, 0.3) is 0 Å². The molecule has 0 aromatic carbocycles. The van der Waals surface area contributed by atoms with Crippen molar-refractivity contribution in [1.29, 1.82) is 0 Å². The van der Waals surface area contributed by atoms with Crippen molar-refractivity contribution in [2.45, 2.75) is 52.5 Å². The third-order valence-corrected chi connectivity index (χ3v) is 5.18. The Kier molecular flexibility index (Phi) is 3.23. The zero-order chi connectivity index (χ0) is 12.7. The van der Waals surface area contributed by atoms with E-state index >= 15 is 0 Å². The smallest absolute Gasteiger partial charge is 0.221 e. The van der Waals surface area contributed by atoms with Crippen molar-refractivity contribution in [3.05, 3.63) is 0 Å². The van der Waals surface area contributed by atoms with Crippen molar-refractivity contribution in [2.24, 2.45) is 16.7 Å². The van der Waals surface area contributed by atoms with Crippen molar-refractivity contribution >= 4 is 5.91 Å². The number of carbonyl (C=O) groups is 1. The maximum atomic E-state index is 11.9. The lowest BCUT2D eigenvalue weighted by molar-refractivity contribution is -0.123. The monoisotopic (exact) mass is 238 g/mol. The summed E-state index contributed by atoms with van der Waals surface area (Å²) in [5, 5.41) is 6.32. The molecule has 2 fully saturated rings. The number of hydrogen-bond acceptors (Lipinski definition) is 2. The minimum atomic E-state index is 0.200. The van der Waals surface area contributed by atoms with Crippen LogP contribution in [0.5, 0.6) is 0 Å². The van der Waals surface area contributed by atoms with E-state index in [1.807, 2.05) is 7.05 Å². The minimum absolute atomic E-state index is 0.200. The Labute approximate surface area is 105 Å². The highest BCUT2D eigenvalue weighted by Gasteiger charge is 2.59. The van der Waals surface area contributed by atoms with E-state index in [2.05, 4.69) is 31.4 Å². The Hall–Kier alpha value is -0.570. The van der Waals surface area contributed by atoms with Crippen molar-refractivity contribution < 1.29 is 4.79 Å². The van der Waals surface area contributed by atoms with E-state index < -0.39 is 0 Å². The van der Waals surface area contributed by atoms with Crippen LogP contribution in [-0.2, 0) is 4.79 Å². The lowest BCUT2D eigenvalue weighted by atomic mass is 9.68. The molecule has 0 spiro atoms. The van der Waals surface area contributed by atoms with Gasteiger partial charge in [0.1, 0.15) is 0 Å². The van der Waals surface area contributed by atoms with Gasteiger partial charge in [-0.1, -0.05) is 20.8 Å². The molecule has 0 aliphatic heterocycles. The van der Waals surface area contributed by atoms with Crippen LogP contribution in [0.15, 0.2) is 0 Å². The normalized spacial score (nSPS) is 38.4. The van der Waals surface area contributed by atoms with Crippen LogP contribution in [0.2, 0.25) is 0 Å². The van der Waals surface area contributed by atoms with Gasteiger partial charge in [0.05, 0.1) is 0 Å². The maximum absolute atomic E-state index is 11.9. The Morgan fingerprint density at radius 3 is 2.59 bits per heavy atom. The molecular formula is C14H26N2O. The predicted molar refractivity (Wildman–Crippen MR) is 69.7 cm³/mol. The van der Waals surface area contributed by atoms with E-state index in [1.54, 1.807) is 0 Å². The Morgan fingerprint density at radius 1 is 1.35 bits per heavy atom. The van der Waals surface area contributed by atoms with E-state index in [-0.39, 0.29) is 11.3 Å². The summed E-state index contributed by atoms with van der Waals surface area (Å²) < 4.78 is 0. The summed E-state index contributed by atoms with van der Waals surface area (Å²) in [5.41, 5.74) is 0.603. The fourth-order valence-corrected chi connectivity index (χ4v) is 4.13. The minimum Gasteiger partial charge on any atom is -0.352 e. The zero-order valence-electron chi connectivity index (χ0n) is 11.6. The first-order valence-corrected chi connectivity index (χ1v) is 6.84. The molecule has 3 heteroatoms. The molecule has 3 nitrogen and oxygen atoms in total. The van der Waals surface area contributed by atoms with Crippen LogP contribution in [0.3, 0.4) is 0 Å². The van der Waals surface area contributed by atoms with Crippen molar-refractivity contribution in [3.8, 4) is 0 Å². The molecule has 98 valence electrons. The molecule has 3 unspecified atom stereocenters. The highest BCUT2D eigenvalue weighted by Crippen LogP contribution is 2.62. The van der Waals surface area contributed by atoms with Gasteiger partial charge in [-0.15, -0.1) is 0 Å². The molecule has 2 saturated carbocycles. The van der Waals surface area contributed by atoms with Gasteiger partial charge in [-0.25, -0.2) is 0 Å². The summed E-state index contributed by atoms with van der Waals surface area (Å²) in [7, 11) is 1.88. The summed E-state index contributed by atoms with van der Waals surface area (Å²) >= 11 is 0. The van der Waals surface area contributed by atoms with Crippen LogP contribution in [0, 0.1) is 16.7 Å². The summed E-state index contributed by atoms with van der Waals surface area (Å²) in [6.45, 7) is 7.76. The van der Waals surface area contributed by atoms with Gasteiger partial charge in [-0.05, 0) is 43.1 Å². The fraction of sp³-hybridized carbons (Fsp3) is 0.929. The van der Waals surface area contributed by atoms with Gasteiger partial charge < -0.3 is 10.6 Å². The zero-order valence-corrected chi connectivity index (χ0v) is 11.6. The molecule has 2 bridgehead atoms. The molecular weight excluding hydrogens is 212 g/mol. The Balaban J connectivity index is 2.02. The van der Waals surface area contributed by atoms with Crippen LogP contribution in [-0.4, -0.2) is 25.5 Å². The first kappa shape index (κ1) is 12.9. The second-order valence-electron chi connectivity index (χ2n) is 6.77. The standard InChI is InChI=1S/C14H26N2O/c1-13(2)10-5-7-14(3,9-10)12(13)16-11(17)6-8-15-4/h10,12,15H,5-9H2,1-4H3,(H,16,17). The van der Waals surface area contributed by atoms with E-state index in [9.17, 15) is 4.79 Å². The van der Waals surface area contributed by atoms with Crippen LogP contribution in [0.4, 0.5) is 0 Å². The quantitative estimate of drug-likeness (QED) is 0.786. The van der Waals surface area contributed by atoms with Crippen LogP contribution < -0.4 is 10.6 Å². The molecule has 1 amide bonds. The molecule has 2 aliphatic carbocycles. The third kappa shape index (κ3) is 2.10. The van der Waals surface area contributed by atoms with Gasteiger partial charge in [-0.2, -0.15) is 0 Å². The molecule has 0 aromatic heterocycles. The van der Waals surface area contributed by atoms with E-state index in [0.717, 1.165) is 12.5 Å². The number of carbonyl (C=O) groups excluding carboxylic acids is 1. The highest BCUT2D eigenvalue weighted by molar-refractivity contribution is 5.76. The van der Waals surface area contributed by atoms with E-state index in [4.69, 9.17) is 0 Å². The lowest BCUT2D eigenvalue weighted by Crippen LogP contribution is -2.52. The molecule has 0 radical (unpaired) electrons. The van der Waals surface area contributed by atoms with Gasteiger partial charge in [0.2, 0.25) is 5.91 Å². The number of hydrogen-bond donors (Lipinski definition) is 2. The molecule has 2 aliphatic rings. The average Bonchev–Trinajstić information content (AvgIpc) is 2.73. The van der Waals surface area contributed by atoms with Gasteiger partial charge in [0.15, 0.2) is 0 Å². The van der Waals surface area contributed by atoms with E-state index in [0.29, 0.717) is 17.9 Å². The Bertz CT molecular complexity index is 309. The van der Waals surface area contributed by atoms with Crippen molar-refractivity contribution in [3.63, 3.8) is 0 Å². The number of fused-ring (bicyclic) bond motifs is 2. The highest BCUT2D eigenvalue weighted by atomic mass is 16.1. The summed E-state index contributed by atoms with van der Waals surface area (Å²) in [4.78, 5) is 11.9. The molecule has 3 atom stereocenters.